The van der Waals surface area contributed by atoms with Crippen molar-refractivity contribution in [2.75, 3.05) is 6.54 Å². The first-order valence-electron chi connectivity index (χ1n) is 9.64. The molecule has 3 nitrogen and oxygen atoms in total. The molecule has 2 N–H and O–H groups in total. The average Bonchev–Trinajstić information content (AvgIpc) is 2.50. The second kappa shape index (κ2) is 16.8. The third kappa shape index (κ3) is 15.8. The Labute approximate surface area is 138 Å². The smallest absolute Gasteiger partial charge is 0.320 e. The molecule has 0 radical (unpaired) electrons. The molecule has 0 aliphatic heterocycles. The van der Waals surface area contributed by atoms with Crippen molar-refractivity contribution in [2.24, 2.45) is 0 Å². The van der Waals surface area contributed by atoms with Crippen LogP contribution in [0.15, 0.2) is 0 Å². The molecule has 0 fully saturated rings. The summed E-state index contributed by atoms with van der Waals surface area (Å²) in [6.07, 6.45) is 19.0. The number of carboxylic acid groups (broad SMARTS) is 1. The molecule has 0 spiro atoms. The molecule has 0 aromatic rings. The lowest BCUT2D eigenvalue weighted by Gasteiger charge is -2.08. The van der Waals surface area contributed by atoms with E-state index in [0.717, 1.165) is 13.0 Å². The first kappa shape index (κ1) is 21.4. The van der Waals surface area contributed by atoms with E-state index in [1.165, 1.54) is 83.5 Å². The highest BCUT2D eigenvalue weighted by atomic mass is 16.4. The summed E-state index contributed by atoms with van der Waals surface area (Å²) in [5.41, 5.74) is 0. The standard InChI is InChI=1S/C19H39NO2/c1-3-4-5-6-7-8-9-10-11-12-13-14-15-16-17-20-18(2)19(21)22/h18,20H,3-17H2,1-2H3,(H,21,22). The topological polar surface area (TPSA) is 49.3 Å². The Hall–Kier alpha value is -0.570. The van der Waals surface area contributed by atoms with Gasteiger partial charge >= 0.3 is 5.97 Å². The lowest BCUT2D eigenvalue weighted by Crippen LogP contribution is -2.34. The molecule has 1 unspecified atom stereocenters. The second-order valence-electron chi connectivity index (χ2n) is 6.61. The van der Waals surface area contributed by atoms with Crippen molar-refractivity contribution in [2.45, 2.75) is 110 Å². The van der Waals surface area contributed by atoms with E-state index in [4.69, 9.17) is 5.11 Å². The van der Waals surface area contributed by atoms with E-state index < -0.39 is 12.0 Å². The molecule has 0 bridgehead atoms. The molecule has 0 aliphatic rings. The highest BCUT2D eigenvalue weighted by Crippen LogP contribution is 2.12. The van der Waals surface area contributed by atoms with E-state index in [1.807, 2.05) is 0 Å². The van der Waals surface area contributed by atoms with Crippen LogP contribution in [0.25, 0.3) is 0 Å². The Bertz CT molecular complexity index is 244. The first-order valence-corrected chi connectivity index (χ1v) is 9.64. The molecular formula is C19H39NO2. The number of unbranched alkanes of at least 4 members (excludes halogenated alkanes) is 13. The number of nitrogens with one attached hydrogen (secondary N) is 1. The zero-order valence-corrected chi connectivity index (χ0v) is 15.0. The minimum Gasteiger partial charge on any atom is -0.480 e. The van der Waals surface area contributed by atoms with Crippen LogP contribution in [0.2, 0.25) is 0 Å². The Morgan fingerprint density at radius 3 is 1.50 bits per heavy atom. The number of rotatable bonds is 17. The van der Waals surface area contributed by atoms with E-state index >= 15 is 0 Å². The molecule has 0 aliphatic carbocycles. The number of hydrogen-bond acceptors (Lipinski definition) is 2. The predicted octanol–water partition coefficient (Wildman–Crippen LogP) is 5.53. The number of aliphatic carboxylic acids is 1. The minimum absolute atomic E-state index is 0.415. The molecule has 0 rings (SSSR count). The van der Waals surface area contributed by atoms with Crippen molar-refractivity contribution >= 4 is 5.97 Å². The zero-order valence-electron chi connectivity index (χ0n) is 15.0. The largest absolute Gasteiger partial charge is 0.480 e. The van der Waals surface area contributed by atoms with Gasteiger partial charge in [-0.2, -0.15) is 0 Å². The number of carbonyl (C=O) groups is 1. The summed E-state index contributed by atoms with van der Waals surface area (Å²) in [6, 6.07) is -0.415. The highest BCUT2D eigenvalue weighted by molar-refractivity contribution is 5.72. The minimum atomic E-state index is -0.759. The summed E-state index contributed by atoms with van der Waals surface area (Å²) in [7, 11) is 0. The van der Waals surface area contributed by atoms with E-state index in [2.05, 4.69) is 12.2 Å². The summed E-state index contributed by atoms with van der Waals surface area (Å²) in [4.78, 5) is 10.6. The van der Waals surface area contributed by atoms with Gasteiger partial charge in [0.05, 0.1) is 0 Å². The van der Waals surface area contributed by atoms with Gasteiger partial charge in [0.15, 0.2) is 0 Å². The number of hydrogen-bond donors (Lipinski definition) is 2. The summed E-state index contributed by atoms with van der Waals surface area (Å²) < 4.78 is 0. The second-order valence-corrected chi connectivity index (χ2v) is 6.61. The van der Waals surface area contributed by atoms with Gasteiger partial charge in [0.2, 0.25) is 0 Å². The SMILES string of the molecule is CCCCCCCCCCCCCCCCNC(C)C(=O)O. The fourth-order valence-corrected chi connectivity index (χ4v) is 2.73. The van der Waals surface area contributed by atoms with Crippen molar-refractivity contribution in [3.63, 3.8) is 0 Å². The van der Waals surface area contributed by atoms with E-state index in [9.17, 15) is 4.79 Å². The molecule has 132 valence electrons. The van der Waals surface area contributed by atoms with Gasteiger partial charge in [-0.25, -0.2) is 0 Å². The lowest BCUT2D eigenvalue weighted by atomic mass is 10.0. The summed E-state index contributed by atoms with van der Waals surface area (Å²) in [6.45, 7) is 4.80. The fourth-order valence-electron chi connectivity index (χ4n) is 2.73. The molecule has 0 heterocycles. The molecule has 0 aromatic carbocycles. The highest BCUT2D eigenvalue weighted by Gasteiger charge is 2.07. The Morgan fingerprint density at radius 2 is 1.14 bits per heavy atom. The third-order valence-corrected chi connectivity index (χ3v) is 4.35. The van der Waals surface area contributed by atoms with E-state index in [-0.39, 0.29) is 0 Å². The molecule has 22 heavy (non-hydrogen) atoms. The summed E-state index contributed by atoms with van der Waals surface area (Å²) in [5, 5.41) is 11.8. The molecule has 0 amide bonds. The predicted molar refractivity (Wildman–Crippen MR) is 95.4 cm³/mol. The van der Waals surface area contributed by atoms with Crippen LogP contribution in [-0.4, -0.2) is 23.7 Å². The third-order valence-electron chi connectivity index (χ3n) is 4.35. The molecule has 1 atom stereocenters. The lowest BCUT2D eigenvalue weighted by molar-refractivity contribution is -0.138. The normalized spacial score (nSPS) is 12.5. The van der Waals surface area contributed by atoms with Gasteiger partial charge in [-0.1, -0.05) is 90.4 Å². The number of carboxylic acids is 1. The van der Waals surface area contributed by atoms with Gasteiger partial charge < -0.3 is 10.4 Å². The Balaban J connectivity index is 3.04. The van der Waals surface area contributed by atoms with Crippen LogP contribution in [0, 0.1) is 0 Å². The van der Waals surface area contributed by atoms with Crippen LogP contribution in [-0.2, 0) is 4.79 Å². The first-order chi connectivity index (χ1) is 10.7. The van der Waals surface area contributed by atoms with Crippen LogP contribution in [0.5, 0.6) is 0 Å². The van der Waals surface area contributed by atoms with Crippen molar-refractivity contribution in [1.82, 2.24) is 5.32 Å². The summed E-state index contributed by atoms with van der Waals surface area (Å²) >= 11 is 0. The molecule has 0 saturated carbocycles. The average molecular weight is 314 g/mol. The zero-order chi connectivity index (χ0) is 16.5. The van der Waals surface area contributed by atoms with Crippen molar-refractivity contribution in [3.8, 4) is 0 Å². The molecular weight excluding hydrogens is 274 g/mol. The fraction of sp³-hybridized carbons (Fsp3) is 0.947. The van der Waals surface area contributed by atoms with Crippen LogP contribution in [0.3, 0.4) is 0 Å². The van der Waals surface area contributed by atoms with Crippen LogP contribution < -0.4 is 5.32 Å². The Morgan fingerprint density at radius 1 is 0.773 bits per heavy atom. The van der Waals surface area contributed by atoms with Crippen LogP contribution in [0.4, 0.5) is 0 Å². The van der Waals surface area contributed by atoms with Crippen LogP contribution >= 0.6 is 0 Å². The van der Waals surface area contributed by atoms with Gasteiger partial charge in [0.25, 0.3) is 0 Å². The maximum Gasteiger partial charge on any atom is 0.320 e. The van der Waals surface area contributed by atoms with Gasteiger partial charge in [0.1, 0.15) is 6.04 Å². The van der Waals surface area contributed by atoms with E-state index in [0.29, 0.717) is 0 Å². The molecule has 0 saturated heterocycles. The monoisotopic (exact) mass is 313 g/mol. The van der Waals surface area contributed by atoms with Gasteiger partial charge in [0, 0.05) is 0 Å². The summed E-state index contributed by atoms with van der Waals surface area (Å²) in [5.74, 6) is -0.759. The maximum atomic E-state index is 10.6. The Kier molecular flexibility index (Phi) is 16.4. The van der Waals surface area contributed by atoms with Crippen molar-refractivity contribution in [1.29, 1.82) is 0 Å². The van der Waals surface area contributed by atoms with Crippen LogP contribution in [0.1, 0.15) is 104 Å². The van der Waals surface area contributed by atoms with Gasteiger partial charge in [-0.3, -0.25) is 4.79 Å². The van der Waals surface area contributed by atoms with Gasteiger partial charge in [-0.15, -0.1) is 0 Å². The quantitative estimate of drug-likeness (QED) is 0.347. The van der Waals surface area contributed by atoms with Crippen molar-refractivity contribution in [3.05, 3.63) is 0 Å². The maximum absolute atomic E-state index is 10.6. The van der Waals surface area contributed by atoms with E-state index in [1.54, 1.807) is 6.92 Å². The van der Waals surface area contributed by atoms with Crippen molar-refractivity contribution < 1.29 is 9.90 Å². The molecule has 0 aromatic heterocycles. The van der Waals surface area contributed by atoms with Gasteiger partial charge in [-0.05, 0) is 19.9 Å². The molecule has 3 heteroatoms.